The van der Waals surface area contributed by atoms with E-state index >= 15 is 0 Å². The second-order valence-corrected chi connectivity index (χ2v) is 3.90. The second kappa shape index (κ2) is 13.0. The lowest BCUT2D eigenvalue weighted by atomic mass is 10.1. The summed E-state index contributed by atoms with van der Waals surface area (Å²) in [5, 5.41) is 8.32. The zero-order valence-electron chi connectivity index (χ0n) is 8.91. The maximum Gasteiger partial charge on any atom is 0.0207 e. The molecule has 0 heterocycles. The van der Waals surface area contributed by atoms with Crippen LogP contribution in [0.3, 0.4) is 0 Å². The van der Waals surface area contributed by atoms with Crippen molar-refractivity contribution in [3.63, 3.8) is 0 Å². The number of unbranched alkanes of at least 4 members (excludes halogenated alkanes) is 5. The lowest BCUT2D eigenvalue weighted by Crippen LogP contribution is -2.07. The molecule has 0 bridgehead atoms. The highest BCUT2D eigenvalue weighted by atomic mass is 32.1. The van der Waals surface area contributed by atoms with Gasteiger partial charge in [-0.15, -0.1) is 0 Å². The van der Waals surface area contributed by atoms with Crippen molar-refractivity contribution >= 4 is 12.6 Å². The van der Waals surface area contributed by atoms with Crippen LogP contribution in [-0.4, -0.2) is 17.5 Å². The maximum absolute atomic E-state index is 8.32. The average molecular weight is 217 g/mol. The van der Waals surface area contributed by atoms with Crippen molar-refractivity contribution in [3.8, 4) is 0 Å². The Kier molecular flexibility index (Phi) is 13.0. The summed E-state index contributed by atoms with van der Waals surface area (Å²) in [6.45, 7) is 0.704. The van der Waals surface area contributed by atoms with Crippen LogP contribution in [0.4, 0.5) is 0 Å². The highest BCUT2D eigenvalue weighted by Gasteiger charge is 1.86. The van der Waals surface area contributed by atoms with Gasteiger partial charge in [0.1, 0.15) is 0 Å². The third-order valence-corrected chi connectivity index (χ3v) is 2.42. The minimum atomic E-state index is 0.704. The van der Waals surface area contributed by atoms with Crippen LogP contribution < -0.4 is 5.48 Å². The van der Waals surface area contributed by atoms with Gasteiger partial charge >= 0.3 is 0 Å². The molecule has 0 atom stereocenters. The van der Waals surface area contributed by atoms with Crippen LogP contribution in [0.1, 0.15) is 44.9 Å². The van der Waals surface area contributed by atoms with Gasteiger partial charge in [-0.3, -0.25) is 0 Å². The molecule has 14 heavy (non-hydrogen) atoms. The lowest BCUT2D eigenvalue weighted by Gasteiger charge is -1.96. The molecule has 0 aromatic heterocycles. The fourth-order valence-electron chi connectivity index (χ4n) is 1.25. The Morgan fingerprint density at radius 1 is 0.929 bits per heavy atom. The lowest BCUT2D eigenvalue weighted by molar-refractivity contribution is 0.165. The largest absolute Gasteiger partial charge is 0.317 e. The molecule has 3 heteroatoms. The normalized spacial score (nSPS) is 11.3. The molecule has 2 N–H and O–H groups in total. The minimum Gasteiger partial charge on any atom is -0.317 e. The number of hydroxylamine groups is 1. The molecule has 0 saturated carbocycles. The summed E-state index contributed by atoms with van der Waals surface area (Å²) in [5.74, 6) is 1.01. The molecule has 0 unspecified atom stereocenters. The van der Waals surface area contributed by atoms with E-state index in [2.05, 4.69) is 30.3 Å². The fourth-order valence-corrected chi connectivity index (χ4v) is 1.48. The highest BCUT2D eigenvalue weighted by molar-refractivity contribution is 7.80. The Morgan fingerprint density at radius 3 is 2.14 bits per heavy atom. The second-order valence-electron chi connectivity index (χ2n) is 3.45. The van der Waals surface area contributed by atoms with Crippen LogP contribution in [0.25, 0.3) is 0 Å². The average Bonchev–Trinajstić information content (AvgIpc) is 2.21. The van der Waals surface area contributed by atoms with E-state index in [1.807, 2.05) is 0 Å². The highest BCUT2D eigenvalue weighted by Crippen LogP contribution is 2.03. The molecule has 84 valence electrons. The van der Waals surface area contributed by atoms with E-state index in [0.717, 1.165) is 25.0 Å². The fraction of sp³-hybridized carbons (Fsp3) is 0.818. The van der Waals surface area contributed by atoms with Gasteiger partial charge in [0, 0.05) is 6.54 Å². The van der Waals surface area contributed by atoms with Gasteiger partial charge in [0.25, 0.3) is 0 Å². The van der Waals surface area contributed by atoms with Gasteiger partial charge in [0.15, 0.2) is 0 Å². The zero-order valence-corrected chi connectivity index (χ0v) is 9.81. The third kappa shape index (κ3) is 12.0. The standard InChI is InChI=1S/C11H23NOS/c13-12-10-8-6-4-2-1-3-5-7-9-11-14/h1-2,12-14H,3-11H2/b2-1-. The van der Waals surface area contributed by atoms with Crippen LogP contribution in [0.2, 0.25) is 0 Å². The first-order valence-corrected chi connectivity index (χ1v) is 6.18. The van der Waals surface area contributed by atoms with Crippen molar-refractivity contribution in [3.05, 3.63) is 12.2 Å². The van der Waals surface area contributed by atoms with Gasteiger partial charge in [-0.05, 0) is 44.3 Å². The molecule has 0 rings (SSSR count). The predicted molar refractivity (Wildman–Crippen MR) is 65.1 cm³/mol. The van der Waals surface area contributed by atoms with E-state index in [1.165, 1.54) is 25.7 Å². The SMILES string of the molecule is ONCCCC/C=C\CCCCCS. The summed E-state index contributed by atoms with van der Waals surface area (Å²) < 4.78 is 0. The van der Waals surface area contributed by atoms with Gasteiger partial charge in [-0.25, -0.2) is 5.48 Å². The number of hydrogen-bond acceptors (Lipinski definition) is 3. The van der Waals surface area contributed by atoms with E-state index in [9.17, 15) is 0 Å². The molecule has 0 aromatic carbocycles. The van der Waals surface area contributed by atoms with E-state index in [0.29, 0.717) is 6.54 Å². The van der Waals surface area contributed by atoms with Gasteiger partial charge < -0.3 is 5.21 Å². The summed E-state index contributed by atoms with van der Waals surface area (Å²) >= 11 is 4.17. The summed E-state index contributed by atoms with van der Waals surface area (Å²) in [6, 6.07) is 0. The Morgan fingerprint density at radius 2 is 1.57 bits per heavy atom. The smallest absolute Gasteiger partial charge is 0.0207 e. The predicted octanol–water partition coefficient (Wildman–Crippen LogP) is 3.18. The molecule has 0 saturated heterocycles. The van der Waals surface area contributed by atoms with Crippen LogP contribution in [-0.2, 0) is 0 Å². The van der Waals surface area contributed by atoms with Crippen molar-refractivity contribution in [1.82, 2.24) is 5.48 Å². The molecule has 2 nitrogen and oxygen atoms in total. The van der Waals surface area contributed by atoms with Gasteiger partial charge in [-0.1, -0.05) is 18.6 Å². The molecular weight excluding hydrogens is 194 g/mol. The van der Waals surface area contributed by atoms with Crippen molar-refractivity contribution in [2.24, 2.45) is 0 Å². The molecule has 0 aliphatic heterocycles. The van der Waals surface area contributed by atoms with Crippen LogP contribution in [0.15, 0.2) is 12.2 Å². The molecule has 0 radical (unpaired) electrons. The van der Waals surface area contributed by atoms with Crippen molar-refractivity contribution in [2.45, 2.75) is 44.9 Å². The van der Waals surface area contributed by atoms with E-state index in [1.54, 1.807) is 0 Å². The van der Waals surface area contributed by atoms with E-state index in [4.69, 9.17) is 5.21 Å². The van der Waals surface area contributed by atoms with Crippen LogP contribution in [0, 0.1) is 0 Å². The molecular formula is C11H23NOS. The third-order valence-electron chi connectivity index (χ3n) is 2.10. The first-order valence-electron chi connectivity index (χ1n) is 5.54. The maximum atomic E-state index is 8.32. The number of thiol groups is 1. The summed E-state index contributed by atoms with van der Waals surface area (Å²) in [7, 11) is 0. The summed E-state index contributed by atoms with van der Waals surface area (Å²) in [6.07, 6.45) is 12.9. The van der Waals surface area contributed by atoms with E-state index < -0.39 is 0 Å². The van der Waals surface area contributed by atoms with Crippen molar-refractivity contribution in [1.29, 1.82) is 0 Å². The molecule has 0 aliphatic carbocycles. The first kappa shape index (κ1) is 14.0. The van der Waals surface area contributed by atoms with Crippen LogP contribution in [0.5, 0.6) is 0 Å². The monoisotopic (exact) mass is 217 g/mol. The first-order chi connectivity index (χ1) is 6.91. The quantitative estimate of drug-likeness (QED) is 0.227. The molecule has 0 amide bonds. The van der Waals surface area contributed by atoms with Gasteiger partial charge in [0.05, 0.1) is 0 Å². The Labute approximate surface area is 93.2 Å². The zero-order chi connectivity index (χ0) is 10.5. The molecule has 0 fully saturated rings. The van der Waals surface area contributed by atoms with Gasteiger partial charge in [-0.2, -0.15) is 12.6 Å². The summed E-state index contributed by atoms with van der Waals surface area (Å²) in [4.78, 5) is 0. The van der Waals surface area contributed by atoms with Crippen molar-refractivity contribution in [2.75, 3.05) is 12.3 Å². The Bertz CT molecular complexity index is 114. The Hall–Kier alpha value is 0.01000. The van der Waals surface area contributed by atoms with Crippen LogP contribution >= 0.6 is 12.6 Å². The molecule has 0 aliphatic rings. The minimum absolute atomic E-state index is 0.704. The van der Waals surface area contributed by atoms with Gasteiger partial charge in [0.2, 0.25) is 0 Å². The number of nitrogens with one attached hydrogen (secondary N) is 1. The number of allylic oxidation sites excluding steroid dienone is 2. The number of hydrogen-bond donors (Lipinski definition) is 3. The number of rotatable bonds is 10. The Balaban J connectivity index is 2.96. The van der Waals surface area contributed by atoms with Crippen molar-refractivity contribution < 1.29 is 5.21 Å². The summed E-state index contributed by atoms with van der Waals surface area (Å²) in [5.41, 5.74) is 2.16. The van der Waals surface area contributed by atoms with E-state index in [-0.39, 0.29) is 0 Å². The molecule has 0 aromatic rings. The molecule has 0 spiro atoms. The topological polar surface area (TPSA) is 32.3 Å².